The topological polar surface area (TPSA) is 56.0 Å². The summed E-state index contributed by atoms with van der Waals surface area (Å²) in [7, 11) is 0. The molecule has 0 fully saturated rings. The summed E-state index contributed by atoms with van der Waals surface area (Å²) in [4.78, 5) is 15.1. The standard InChI is InChI=1S/C8H9BrN2O/c1-2-7(12)6-3-5(9)4-11-8(6)10/h3-4H,2H2,1H3,(H2,10,11). The molecule has 0 aliphatic heterocycles. The Morgan fingerprint density at radius 1 is 1.75 bits per heavy atom. The van der Waals surface area contributed by atoms with Gasteiger partial charge in [-0.3, -0.25) is 4.79 Å². The highest BCUT2D eigenvalue weighted by molar-refractivity contribution is 9.10. The van der Waals surface area contributed by atoms with E-state index < -0.39 is 0 Å². The van der Waals surface area contributed by atoms with Crippen molar-refractivity contribution in [2.75, 3.05) is 5.73 Å². The van der Waals surface area contributed by atoms with E-state index in [1.807, 2.05) is 0 Å². The zero-order valence-corrected chi connectivity index (χ0v) is 8.26. The molecule has 1 rings (SSSR count). The van der Waals surface area contributed by atoms with Crippen molar-refractivity contribution in [3.8, 4) is 0 Å². The molecule has 2 N–H and O–H groups in total. The SMILES string of the molecule is CCC(=O)c1cc(Br)cnc1N. The Morgan fingerprint density at radius 3 is 3.00 bits per heavy atom. The van der Waals surface area contributed by atoms with Crippen LogP contribution in [0.25, 0.3) is 0 Å². The third-order valence-corrected chi connectivity index (χ3v) is 1.94. The first kappa shape index (κ1) is 9.19. The molecule has 0 unspecified atom stereocenters. The van der Waals surface area contributed by atoms with Gasteiger partial charge in [0.25, 0.3) is 0 Å². The van der Waals surface area contributed by atoms with Crippen molar-refractivity contribution in [3.05, 3.63) is 22.3 Å². The van der Waals surface area contributed by atoms with Crippen molar-refractivity contribution in [1.82, 2.24) is 4.98 Å². The van der Waals surface area contributed by atoms with Crippen molar-refractivity contribution in [2.45, 2.75) is 13.3 Å². The summed E-state index contributed by atoms with van der Waals surface area (Å²) in [6.45, 7) is 1.79. The second-order valence-corrected chi connectivity index (χ2v) is 3.28. The summed E-state index contributed by atoms with van der Waals surface area (Å²) >= 11 is 3.22. The molecule has 0 amide bonds. The van der Waals surface area contributed by atoms with E-state index in [1.165, 1.54) is 0 Å². The van der Waals surface area contributed by atoms with E-state index in [2.05, 4.69) is 20.9 Å². The van der Waals surface area contributed by atoms with E-state index in [4.69, 9.17) is 5.73 Å². The van der Waals surface area contributed by atoms with Crippen molar-refractivity contribution >= 4 is 27.5 Å². The zero-order chi connectivity index (χ0) is 9.14. The summed E-state index contributed by atoms with van der Waals surface area (Å²) in [5.74, 6) is 0.311. The molecule has 64 valence electrons. The van der Waals surface area contributed by atoms with E-state index in [-0.39, 0.29) is 5.78 Å². The smallest absolute Gasteiger partial charge is 0.166 e. The van der Waals surface area contributed by atoms with Gasteiger partial charge in [0.15, 0.2) is 5.78 Å². The quantitative estimate of drug-likeness (QED) is 0.789. The number of hydrogen-bond donors (Lipinski definition) is 1. The molecule has 1 heterocycles. The number of carbonyl (C=O) groups excluding carboxylic acids is 1. The van der Waals surface area contributed by atoms with Gasteiger partial charge >= 0.3 is 0 Å². The predicted octanol–water partition coefficient (Wildman–Crippen LogP) is 2.02. The lowest BCUT2D eigenvalue weighted by atomic mass is 10.1. The molecule has 0 saturated heterocycles. The number of pyridine rings is 1. The lowest BCUT2D eigenvalue weighted by Crippen LogP contribution is -2.04. The molecule has 0 radical (unpaired) electrons. The van der Waals surface area contributed by atoms with Gasteiger partial charge in [-0.1, -0.05) is 6.92 Å². The van der Waals surface area contributed by atoms with Crippen LogP contribution in [0.15, 0.2) is 16.7 Å². The van der Waals surface area contributed by atoms with E-state index in [1.54, 1.807) is 19.2 Å². The molecule has 1 aromatic rings. The van der Waals surface area contributed by atoms with Crippen LogP contribution in [0.5, 0.6) is 0 Å². The Labute approximate surface area is 79.1 Å². The number of aromatic nitrogens is 1. The van der Waals surface area contributed by atoms with Crippen LogP contribution in [0.3, 0.4) is 0 Å². The predicted molar refractivity (Wildman–Crippen MR) is 51.0 cm³/mol. The Balaban J connectivity index is 3.13. The average Bonchev–Trinajstić information content (AvgIpc) is 2.08. The number of nitrogen functional groups attached to an aromatic ring is 1. The fourth-order valence-corrected chi connectivity index (χ4v) is 1.19. The number of halogens is 1. The van der Waals surface area contributed by atoms with Crippen LogP contribution >= 0.6 is 15.9 Å². The number of anilines is 1. The molecular weight excluding hydrogens is 220 g/mol. The van der Waals surface area contributed by atoms with Gasteiger partial charge < -0.3 is 5.73 Å². The first-order valence-corrected chi connectivity index (χ1v) is 4.38. The lowest BCUT2D eigenvalue weighted by molar-refractivity contribution is 0.0988. The Kier molecular flexibility index (Phi) is 2.81. The van der Waals surface area contributed by atoms with E-state index in [0.717, 1.165) is 4.47 Å². The third kappa shape index (κ3) is 1.82. The molecule has 0 aromatic carbocycles. The van der Waals surface area contributed by atoms with Crippen LogP contribution in [-0.4, -0.2) is 10.8 Å². The van der Waals surface area contributed by atoms with Crippen LogP contribution in [0.2, 0.25) is 0 Å². The number of nitrogens with two attached hydrogens (primary N) is 1. The molecule has 0 spiro atoms. The van der Waals surface area contributed by atoms with Gasteiger partial charge in [-0.05, 0) is 22.0 Å². The van der Waals surface area contributed by atoms with Crippen molar-refractivity contribution < 1.29 is 4.79 Å². The van der Waals surface area contributed by atoms with Crippen LogP contribution in [-0.2, 0) is 0 Å². The van der Waals surface area contributed by atoms with E-state index in [9.17, 15) is 4.79 Å². The first-order valence-electron chi connectivity index (χ1n) is 3.59. The molecule has 0 atom stereocenters. The van der Waals surface area contributed by atoms with E-state index in [0.29, 0.717) is 17.8 Å². The molecule has 12 heavy (non-hydrogen) atoms. The van der Waals surface area contributed by atoms with Gasteiger partial charge in [-0.25, -0.2) is 4.98 Å². The van der Waals surface area contributed by atoms with Crippen LogP contribution in [0.4, 0.5) is 5.82 Å². The number of rotatable bonds is 2. The number of hydrogen-bond acceptors (Lipinski definition) is 3. The molecule has 0 aliphatic carbocycles. The highest BCUT2D eigenvalue weighted by Crippen LogP contribution is 2.16. The fourth-order valence-electron chi connectivity index (χ4n) is 0.864. The van der Waals surface area contributed by atoms with Crippen LogP contribution in [0.1, 0.15) is 23.7 Å². The van der Waals surface area contributed by atoms with Gasteiger partial charge in [0.2, 0.25) is 0 Å². The van der Waals surface area contributed by atoms with Crippen LogP contribution < -0.4 is 5.73 Å². The maximum Gasteiger partial charge on any atom is 0.166 e. The molecule has 1 aromatic heterocycles. The zero-order valence-electron chi connectivity index (χ0n) is 6.67. The van der Waals surface area contributed by atoms with Crippen molar-refractivity contribution in [3.63, 3.8) is 0 Å². The maximum absolute atomic E-state index is 11.2. The summed E-state index contributed by atoms with van der Waals surface area (Å²) in [5, 5.41) is 0. The summed E-state index contributed by atoms with van der Waals surface area (Å²) < 4.78 is 0.772. The third-order valence-electron chi connectivity index (χ3n) is 1.51. The Hall–Kier alpha value is -0.900. The lowest BCUT2D eigenvalue weighted by Gasteiger charge is -2.01. The van der Waals surface area contributed by atoms with E-state index >= 15 is 0 Å². The normalized spacial score (nSPS) is 9.83. The molecule has 3 nitrogen and oxygen atoms in total. The second kappa shape index (κ2) is 3.67. The maximum atomic E-state index is 11.2. The molecule has 0 saturated carbocycles. The Bertz CT molecular complexity index is 312. The minimum Gasteiger partial charge on any atom is -0.383 e. The minimum atomic E-state index is 0.0151. The number of carbonyl (C=O) groups is 1. The summed E-state index contributed by atoms with van der Waals surface area (Å²) in [6, 6.07) is 1.69. The Morgan fingerprint density at radius 2 is 2.42 bits per heavy atom. The highest BCUT2D eigenvalue weighted by atomic mass is 79.9. The second-order valence-electron chi connectivity index (χ2n) is 2.36. The molecule has 0 bridgehead atoms. The number of Topliss-reactive ketones (excluding diaryl/α,β-unsaturated/α-hetero) is 1. The van der Waals surface area contributed by atoms with Crippen LogP contribution in [0, 0.1) is 0 Å². The average molecular weight is 229 g/mol. The monoisotopic (exact) mass is 228 g/mol. The molecule has 4 heteroatoms. The van der Waals surface area contributed by atoms with Gasteiger partial charge in [0.05, 0.1) is 5.56 Å². The summed E-state index contributed by atoms with van der Waals surface area (Å²) in [5.41, 5.74) is 6.01. The van der Waals surface area contributed by atoms with Gasteiger partial charge in [0.1, 0.15) is 5.82 Å². The summed E-state index contributed by atoms with van der Waals surface area (Å²) in [6.07, 6.45) is 2.02. The van der Waals surface area contributed by atoms with Gasteiger partial charge in [0, 0.05) is 17.1 Å². The van der Waals surface area contributed by atoms with Crippen molar-refractivity contribution in [2.24, 2.45) is 0 Å². The fraction of sp³-hybridized carbons (Fsp3) is 0.250. The molecule has 0 aliphatic rings. The molecular formula is C8H9BrN2O. The highest BCUT2D eigenvalue weighted by Gasteiger charge is 2.08. The number of ketones is 1. The van der Waals surface area contributed by atoms with Gasteiger partial charge in [-0.2, -0.15) is 0 Å². The van der Waals surface area contributed by atoms with Gasteiger partial charge in [-0.15, -0.1) is 0 Å². The largest absolute Gasteiger partial charge is 0.383 e. The van der Waals surface area contributed by atoms with Crippen molar-refractivity contribution in [1.29, 1.82) is 0 Å². The minimum absolute atomic E-state index is 0.0151. The first-order chi connectivity index (χ1) is 5.65. The number of nitrogens with zero attached hydrogens (tertiary/aromatic N) is 1.